The monoisotopic (exact) mass is 284 g/mol. The second-order valence-corrected chi connectivity index (χ2v) is 5.20. The minimum Gasteiger partial charge on any atom is -0.379 e. The Morgan fingerprint density at radius 1 is 1.26 bits per heavy atom. The van der Waals surface area contributed by atoms with Crippen LogP contribution in [0.5, 0.6) is 0 Å². The van der Waals surface area contributed by atoms with Gasteiger partial charge in [0.15, 0.2) is 0 Å². The Kier molecular flexibility index (Phi) is 4.19. The van der Waals surface area contributed by atoms with E-state index in [1.165, 1.54) is 0 Å². The first-order valence-electron chi connectivity index (χ1n) is 6.45. The lowest BCUT2D eigenvalue weighted by atomic mass is 10.1. The second-order valence-electron chi connectivity index (χ2n) is 4.67. The Morgan fingerprint density at radius 2 is 2.11 bits per heavy atom. The number of rotatable bonds is 2. The van der Waals surface area contributed by atoms with E-state index in [0.717, 1.165) is 45.1 Å². The summed E-state index contributed by atoms with van der Waals surface area (Å²) in [5.74, 6) is 0. The van der Waals surface area contributed by atoms with Gasteiger partial charge in [-0.3, -0.25) is 5.32 Å². The fraction of sp³-hybridized carbons (Fsp3) is 0.727. The standard InChI is InChI=1S/C11H17ClN6O/c12-11-8-18(17-3-5-19-6-4-17)7-10(14-11)9-1-2-13-16-15-9/h1-2,10-11,14H,3-8H2. The van der Waals surface area contributed by atoms with Crippen molar-refractivity contribution in [2.24, 2.45) is 0 Å². The number of piperazine rings is 1. The third-order valence-corrected chi connectivity index (χ3v) is 3.68. The van der Waals surface area contributed by atoms with Gasteiger partial charge in [0, 0.05) is 26.2 Å². The maximum absolute atomic E-state index is 6.30. The SMILES string of the molecule is ClC1CN(N2CCOCC2)CC(c2ccnnn2)N1. The minimum absolute atomic E-state index is 0.0783. The number of hydrazine groups is 1. The molecule has 1 N–H and O–H groups in total. The first-order chi connectivity index (χ1) is 9.33. The van der Waals surface area contributed by atoms with E-state index in [0.29, 0.717) is 0 Å². The van der Waals surface area contributed by atoms with Crippen LogP contribution in [0.1, 0.15) is 11.7 Å². The maximum atomic E-state index is 6.30. The number of halogens is 1. The number of aromatic nitrogens is 3. The van der Waals surface area contributed by atoms with Gasteiger partial charge in [0.2, 0.25) is 0 Å². The van der Waals surface area contributed by atoms with Crippen LogP contribution >= 0.6 is 11.6 Å². The molecular formula is C11H17ClN6O. The lowest BCUT2D eigenvalue weighted by Crippen LogP contribution is -2.58. The molecule has 2 unspecified atom stereocenters. The van der Waals surface area contributed by atoms with Gasteiger partial charge < -0.3 is 4.74 Å². The third kappa shape index (κ3) is 3.18. The fourth-order valence-corrected chi connectivity index (χ4v) is 2.79. The topological polar surface area (TPSA) is 66.4 Å². The van der Waals surface area contributed by atoms with Crippen LogP contribution in [-0.4, -0.2) is 70.3 Å². The zero-order chi connectivity index (χ0) is 13.1. The summed E-state index contributed by atoms with van der Waals surface area (Å²) in [4.78, 5) is 0. The van der Waals surface area contributed by atoms with Gasteiger partial charge in [-0.15, -0.1) is 21.8 Å². The van der Waals surface area contributed by atoms with Crippen molar-refractivity contribution in [1.29, 1.82) is 0 Å². The molecule has 1 aromatic rings. The Labute approximate surface area is 116 Å². The van der Waals surface area contributed by atoms with Gasteiger partial charge in [-0.05, 0) is 11.3 Å². The molecule has 0 aliphatic carbocycles. The zero-order valence-corrected chi connectivity index (χ0v) is 11.3. The summed E-state index contributed by atoms with van der Waals surface area (Å²) in [6.07, 6.45) is 1.65. The number of hydrogen-bond acceptors (Lipinski definition) is 7. The molecule has 8 heteroatoms. The molecule has 0 aromatic carbocycles. The molecule has 2 aliphatic rings. The molecule has 0 spiro atoms. The quantitative estimate of drug-likeness (QED) is 0.587. The number of nitrogens with zero attached hydrogens (tertiary/aromatic N) is 5. The van der Waals surface area contributed by atoms with Gasteiger partial charge >= 0.3 is 0 Å². The third-order valence-electron chi connectivity index (χ3n) is 3.41. The normalized spacial score (nSPS) is 30.4. The molecule has 2 saturated heterocycles. The van der Waals surface area contributed by atoms with Gasteiger partial charge in [0.25, 0.3) is 0 Å². The van der Waals surface area contributed by atoms with E-state index in [1.807, 2.05) is 6.07 Å². The van der Waals surface area contributed by atoms with Crippen molar-refractivity contribution in [1.82, 2.24) is 30.7 Å². The number of morpholine rings is 1. The van der Waals surface area contributed by atoms with Gasteiger partial charge in [-0.25, -0.2) is 10.0 Å². The highest BCUT2D eigenvalue weighted by Gasteiger charge is 2.31. The molecule has 2 aliphatic heterocycles. The molecule has 7 nitrogen and oxygen atoms in total. The number of alkyl halides is 1. The Bertz CT molecular complexity index is 401. The first-order valence-corrected chi connectivity index (χ1v) is 6.88. The predicted molar refractivity (Wildman–Crippen MR) is 69.3 cm³/mol. The summed E-state index contributed by atoms with van der Waals surface area (Å²) in [6.45, 7) is 5.00. The Hall–Kier alpha value is -0.860. The average molecular weight is 285 g/mol. The molecular weight excluding hydrogens is 268 g/mol. The van der Waals surface area contributed by atoms with E-state index in [1.54, 1.807) is 6.20 Å². The highest BCUT2D eigenvalue weighted by atomic mass is 35.5. The van der Waals surface area contributed by atoms with Crippen LogP contribution in [0.15, 0.2) is 12.3 Å². The lowest BCUT2D eigenvalue weighted by Gasteiger charge is -2.43. The highest BCUT2D eigenvalue weighted by Crippen LogP contribution is 2.20. The van der Waals surface area contributed by atoms with Crippen LogP contribution in [0.25, 0.3) is 0 Å². The van der Waals surface area contributed by atoms with Crippen molar-refractivity contribution >= 4 is 11.6 Å². The number of ether oxygens (including phenoxy) is 1. The van der Waals surface area contributed by atoms with Gasteiger partial charge in [-0.2, -0.15) is 0 Å². The van der Waals surface area contributed by atoms with Crippen molar-refractivity contribution < 1.29 is 4.74 Å². The average Bonchev–Trinajstić information content (AvgIpc) is 2.48. The van der Waals surface area contributed by atoms with Crippen LogP contribution in [0.3, 0.4) is 0 Å². The van der Waals surface area contributed by atoms with E-state index in [4.69, 9.17) is 16.3 Å². The summed E-state index contributed by atoms with van der Waals surface area (Å²) in [7, 11) is 0. The van der Waals surface area contributed by atoms with Crippen LogP contribution in [0, 0.1) is 0 Å². The van der Waals surface area contributed by atoms with Crippen molar-refractivity contribution in [3.8, 4) is 0 Å². The van der Waals surface area contributed by atoms with E-state index in [2.05, 4.69) is 30.7 Å². The molecule has 104 valence electrons. The minimum atomic E-state index is -0.100. The molecule has 3 rings (SSSR count). The van der Waals surface area contributed by atoms with Crippen LogP contribution in [0.2, 0.25) is 0 Å². The molecule has 0 saturated carbocycles. The van der Waals surface area contributed by atoms with Crippen molar-refractivity contribution in [2.45, 2.75) is 11.5 Å². The summed E-state index contributed by atoms with van der Waals surface area (Å²) in [5, 5.41) is 19.4. The Morgan fingerprint density at radius 3 is 2.84 bits per heavy atom. The fourth-order valence-electron chi connectivity index (χ4n) is 2.48. The molecule has 1 aromatic heterocycles. The number of nitrogens with one attached hydrogen (secondary N) is 1. The lowest BCUT2D eigenvalue weighted by molar-refractivity contribution is -0.104. The zero-order valence-electron chi connectivity index (χ0n) is 10.6. The van der Waals surface area contributed by atoms with E-state index in [-0.39, 0.29) is 11.5 Å². The Balaban J connectivity index is 1.70. The molecule has 19 heavy (non-hydrogen) atoms. The molecule has 0 amide bonds. The first kappa shape index (κ1) is 13.1. The van der Waals surface area contributed by atoms with Crippen LogP contribution < -0.4 is 5.32 Å². The summed E-state index contributed by atoms with van der Waals surface area (Å²) >= 11 is 6.30. The largest absolute Gasteiger partial charge is 0.379 e. The molecule has 0 bridgehead atoms. The van der Waals surface area contributed by atoms with Gasteiger partial charge in [0.05, 0.1) is 36.6 Å². The van der Waals surface area contributed by atoms with Gasteiger partial charge in [-0.1, -0.05) is 0 Å². The molecule has 0 radical (unpaired) electrons. The molecule has 2 fully saturated rings. The maximum Gasteiger partial charge on any atom is 0.0973 e. The summed E-state index contributed by atoms with van der Waals surface area (Å²) in [6, 6.07) is 1.95. The van der Waals surface area contributed by atoms with Crippen LogP contribution in [-0.2, 0) is 4.74 Å². The molecule has 2 atom stereocenters. The second kappa shape index (κ2) is 6.06. The van der Waals surface area contributed by atoms with Crippen molar-refractivity contribution in [2.75, 3.05) is 39.4 Å². The van der Waals surface area contributed by atoms with E-state index < -0.39 is 0 Å². The number of hydrogen-bond donors (Lipinski definition) is 1. The summed E-state index contributed by atoms with van der Waals surface area (Å²) < 4.78 is 5.38. The van der Waals surface area contributed by atoms with Crippen molar-refractivity contribution in [3.63, 3.8) is 0 Å². The van der Waals surface area contributed by atoms with E-state index >= 15 is 0 Å². The van der Waals surface area contributed by atoms with Gasteiger partial charge in [0.1, 0.15) is 0 Å². The molecule has 3 heterocycles. The van der Waals surface area contributed by atoms with Crippen LogP contribution in [0.4, 0.5) is 0 Å². The van der Waals surface area contributed by atoms with Crippen molar-refractivity contribution in [3.05, 3.63) is 18.0 Å². The highest BCUT2D eigenvalue weighted by molar-refractivity contribution is 6.20. The predicted octanol–water partition coefficient (Wildman–Crippen LogP) is -0.370. The smallest absolute Gasteiger partial charge is 0.0973 e. The summed E-state index contributed by atoms with van der Waals surface area (Å²) in [5.41, 5.74) is 0.773. The van der Waals surface area contributed by atoms with E-state index in [9.17, 15) is 0 Å².